The fourth-order valence-electron chi connectivity index (χ4n) is 2.25. The maximum atomic E-state index is 12.1. The predicted octanol–water partition coefficient (Wildman–Crippen LogP) is 3.20. The highest BCUT2D eigenvalue weighted by atomic mass is 35.5. The average molecular weight is 311 g/mol. The molecular formula is C16H23ClN2O2. The highest BCUT2D eigenvalue weighted by Gasteiger charge is 2.17. The van der Waals surface area contributed by atoms with Crippen LogP contribution in [0.1, 0.15) is 35.0 Å². The van der Waals surface area contributed by atoms with E-state index in [4.69, 9.17) is 4.42 Å². The van der Waals surface area contributed by atoms with Gasteiger partial charge in [-0.15, -0.1) is 12.4 Å². The number of carbonyl (C=O) groups is 1. The highest BCUT2D eigenvalue weighted by Crippen LogP contribution is 2.27. The van der Waals surface area contributed by atoms with Crippen molar-refractivity contribution in [2.45, 2.75) is 27.2 Å². The van der Waals surface area contributed by atoms with Gasteiger partial charge in [0.25, 0.3) is 5.91 Å². The molecule has 2 rings (SSSR count). The molecule has 5 heteroatoms. The Labute approximate surface area is 131 Å². The molecule has 4 nitrogen and oxygen atoms in total. The van der Waals surface area contributed by atoms with E-state index >= 15 is 0 Å². The average Bonchev–Trinajstić information content (AvgIpc) is 2.78. The molecule has 1 aromatic carbocycles. The van der Waals surface area contributed by atoms with Crippen LogP contribution in [0.15, 0.2) is 22.6 Å². The number of aryl methyl sites for hydroxylation is 2. The van der Waals surface area contributed by atoms with Crippen LogP contribution < -0.4 is 10.6 Å². The van der Waals surface area contributed by atoms with Gasteiger partial charge in [-0.05, 0) is 32.4 Å². The lowest BCUT2D eigenvalue weighted by Crippen LogP contribution is -2.32. The fraction of sp³-hybridized carbons (Fsp3) is 0.438. The van der Waals surface area contributed by atoms with E-state index in [0.29, 0.717) is 12.3 Å². The summed E-state index contributed by atoms with van der Waals surface area (Å²) >= 11 is 0. The molecule has 0 aliphatic heterocycles. The zero-order chi connectivity index (χ0) is 14.5. The molecule has 2 aromatic rings. The lowest BCUT2D eigenvalue weighted by molar-refractivity contribution is 0.0927. The van der Waals surface area contributed by atoms with E-state index in [1.165, 1.54) is 0 Å². The van der Waals surface area contributed by atoms with Crippen LogP contribution in [0.25, 0.3) is 11.0 Å². The molecule has 0 radical (unpaired) electrons. The number of halogens is 1. The van der Waals surface area contributed by atoms with Crippen LogP contribution in [0.4, 0.5) is 0 Å². The van der Waals surface area contributed by atoms with Crippen LogP contribution in [0.5, 0.6) is 0 Å². The third-order valence-corrected chi connectivity index (χ3v) is 3.38. The molecule has 0 saturated carbocycles. The number of amides is 1. The quantitative estimate of drug-likeness (QED) is 0.806. The molecular weight excluding hydrogens is 288 g/mol. The van der Waals surface area contributed by atoms with Crippen molar-refractivity contribution >= 4 is 29.3 Å². The molecule has 0 bridgehead atoms. The van der Waals surface area contributed by atoms with Gasteiger partial charge in [0.2, 0.25) is 0 Å². The molecule has 0 saturated heterocycles. The Morgan fingerprint density at radius 1 is 1.19 bits per heavy atom. The van der Waals surface area contributed by atoms with E-state index in [9.17, 15) is 4.79 Å². The summed E-state index contributed by atoms with van der Waals surface area (Å²) in [6.07, 6.45) is 1.09. The lowest BCUT2D eigenvalue weighted by atomic mass is 10.1. The topological polar surface area (TPSA) is 54.3 Å². The maximum Gasteiger partial charge on any atom is 0.287 e. The third kappa shape index (κ3) is 3.99. The molecule has 21 heavy (non-hydrogen) atoms. The van der Waals surface area contributed by atoms with Gasteiger partial charge in [-0.3, -0.25) is 4.79 Å². The smallest absolute Gasteiger partial charge is 0.287 e. The Morgan fingerprint density at radius 2 is 1.95 bits per heavy atom. The number of hydrogen-bond donors (Lipinski definition) is 2. The standard InChI is InChI=1S/C16H22N2O2.ClH/c1-4-8-17-9-10-18-16(19)15-12(3)13-7-5-6-11(2)14(13)20-15;/h5-7,17H,4,8-10H2,1-3H3,(H,18,19);1H. The van der Waals surface area contributed by atoms with E-state index in [0.717, 1.165) is 41.6 Å². The second-order valence-corrected chi connectivity index (χ2v) is 5.01. The van der Waals surface area contributed by atoms with E-state index < -0.39 is 0 Å². The van der Waals surface area contributed by atoms with Gasteiger partial charge in [0.1, 0.15) is 5.58 Å². The summed E-state index contributed by atoms with van der Waals surface area (Å²) < 4.78 is 5.74. The Bertz CT molecular complexity index is 608. The van der Waals surface area contributed by atoms with E-state index in [1.54, 1.807) is 0 Å². The highest BCUT2D eigenvalue weighted by molar-refractivity contribution is 5.99. The molecule has 0 aliphatic carbocycles. The van der Waals surface area contributed by atoms with Crippen molar-refractivity contribution in [3.63, 3.8) is 0 Å². The number of rotatable bonds is 6. The monoisotopic (exact) mass is 310 g/mol. The second kappa shape index (κ2) is 8.05. The number of hydrogen-bond acceptors (Lipinski definition) is 3. The van der Waals surface area contributed by atoms with Gasteiger partial charge in [0.05, 0.1) is 0 Å². The van der Waals surface area contributed by atoms with Crippen molar-refractivity contribution in [2.75, 3.05) is 19.6 Å². The second-order valence-electron chi connectivity index (χ2n) is 5.01. The van der Waals surface area contributed by atoms with Crippen molar-refractivity contribution in [2.24, 2.45) is 0 Å². The van der Waals surface area contributed by atoms with Gasteiger partial charge < -0.3 is 15.1 Å². The molecule has 1 aromatic heterocycles. The van der Waals surface area contributed by atoms with Crippen LogP contribution in [-0.4, -0.2) is 25.5 Å². The number of furan rings is 1. The summed E-state index contributed by atoms with van der Waals surface area (Å²) in [7, 11) is 0. The van der Waals surface area contributed by atoms with Gasteiger partial charge >= 0.3 is 0 Å². The summed E-state index contributed by atoms with van der Waals surface area (Å²) in [5, 5.41) is 7.14. The van der Waals surface area contributed by atoms with E-state index in [1.807, 2.05) is 32.0 Å². The van der Waals surface area contributed by atoms with Gasteiger partial charge in [-0.2, -0.15) is 0 Å². The Hall–Kier alpha value is -1.52. The molecule has 1 heterocycles. The Balaban J connectivity index is 0.00000220. The minimum absolute atomic E-state index is 0. The van der Waals surface area contributed by atoms with Crippen molar-refractivity contribution < 1.29 is 9.21 Å². The normalized spacial score (nSPS) is 10.4. The van der Waals surface area contributed by atoms with Gasteiger partial charge in [-0.25, -0.2) is 0 Å². The SMILES string of the molecule is CCCNCCNC(=O)c1oc2c(C)cccc2c1C.Cl. The molecule has 2 N–H and O–H groups in total. The zero-order valence-corrected chi connectivity index (χ0v) is 13.6. The molecule has 0 spiro atoms. The summed E-state index contributed by atoms with van der Waals surface area (Å²) in [6.45, 7) is 8.38. The first-order valence-electron chi connectivity index (χ1n) is 7.12. The lowest BCUT2D eigenvalue weighted by Gasteiger charge is -2.04. The van der Waals surface area contributed by atoms with Crippen molar-refractivity contribution in [1.82, 2.24) is 10.6 Å². The van der Waals surface area contributed by atoms with Crippen LogP contribution in [0, 0.1) is 13.8 Å². The summed E-state index contributed by atoms with van der Waals surface area (Å²) in [4.78, 5) is 12.1. The predicted molar refractivity (Wildman–Crippen MR) is 88.4 cm³/mol. The van der Waals surface area contributed by atoms with Crippen molar-refractivity contribution in [1.29, 1.82) is 0 Å². The first-order valence-corrected chi connectivity index (χ1v) is 7.12. The van der Waals surface area contributed by atoms with Crippen LogP contribution in [-0.2, 0) is 0 Å². The van der Waals surface area contributed by atoms with Crippen LogP contribution >= 0.6 is 12.4 Å². The minimum Gasteiger partial charge on any atom is -0.450 e. The maximum absolute atomic E-state index is 12.1. The minimum atomic E-state index is -0.142. The van der Waals surface area contributed by atoms with Gasteiger partial charge in [0, 0.05) is 24.0 Å². The zero-order valence-electron chi connectivity index (χ0n) is 12.8. The molecule has 0 unspecified atom stereocenters. The first-order chi connectivity index (χ1) is 9.65. The third-order valence-electron chi connectivity index (χ3n) is 3.38. The van der Waals surface area contributed by atoms with Crippen molar-refractivity contribution in [3.05, 3.63) is 35.1 Å². The summed E-state index contributed by atoms with van der Waals surface area (Å²) in [5.41, 5.74) is 2.76. The van der Waals surface area contributed by atoms with Gasteiger partial charge in [0.15, 0.2) is 5.76 Å². The Morgan fingerprint density at radius 3 is 2.62 bits per heavy atom. The van der Waals surface area contributed by atoms with Crippen LogP contribution in [0.3, 0.4) is 0 Å². The summed E-state index contributed by atoms with van der Waals surface area (Å²) in [5.74, 6) is 0.279. The fourth-order valence-corrected chi connectivity index (χ4v) is 2.25. The summed E-state index contributed by atoms with van der Waals surface area (Å²) in [6, 6.07) is 5.96. The number of carbonyl (C=O) groups excluding carboxylic acids is 1. The molecule has 0 aliphatic rings. The number of nitrogens with one attached hydrogen (secondary N) is 2. The number of para-hydroxylation sites is 1. The van der Waals surface area contributed by atoms with Crippen LogP contribution in [0.2, 0.25) is 0 Å². The first kappa shape index (κ1) is 17.5. The largest absolute Gasteiger partial charge is 0.450 e. The number of fused-ring (bicyclic) bond motifs is 1. The molecule has 116 valence electrons. The van der Waals surface area contributed by atoms with Gasteiger partial charge in [-0.1, -0.05) is 25.1 Å². The Kier molecular flexibility index (Phi) is 6.72. The number of benzene rings is 1. The molecule has 0 atom stereocenters. The van der Waals surface area contributed by atoms with E-state index in [2.05, 4.69) is 17.6 Å². The van der Waals surface area contributed by atoms with Crippen molar-refractivity contribution in [3.8, 4) is 0 Å². The molecule has 0 fully saturated rings. The molecule has 1 amide bonds. The van der Waals surface area contributed by atoms with E-state index in [-0.39, 0.29) is 18.3 Å².